The molecule has 0 saturated heterocycles. The van der Waals surface area contributed by atoms with Crippen molar-refractivity contribution < 1.29 is 23.2 Å². The third-order valence-corrected chi connectivity index (χ3v) is 3.99. The number of para-hydroxylation sites is 2. The summed E-state index contributed by atoms with van der Waals surface area (Å²) in [5.41, 5.74) is 0.787. The van der Waals surface area contributed by atoms with Crippen LogP contribution in [0.4, 0.5) is 20.2 Å². The number of likely N-dealkylation sites (N-methyl/N-ethyl adjacent to an activating group) is 1. The van der Waals surface area contributed by atoms with E-state index < -0.39 is 17.4 Å². The lowest BCUT2D eigenvalue weighted by molar-refractivity contribution is -0.384. The second-order valence-electron chi connectivity index (χ2n) is 5.87. The van der Waals surface area contributed by atoms with Gasteiger partial charge in [0, 0.05) is 18.2 Å². The Morgan fingerprint density at radius 1 is 1.26 bits per heavy atom. The van der Waals surface area contributed by atoms with E-state index in [9.17, 15) is 23.7 Å². The van der Waals surface area contributed by atoms with E-state index in [1.54, 1.807) is 37.1 Å². The van der Waals surface area contributed by atoms with E-state index in [4.69, 9.17) is 0 Å². The quantitative estimate of drug-likeness (QED) is 0.557. The van der Waals surface area contributed by atoms with Crippen molar-refractivity contribution in [2.75, 3.05) is 18.9 Å². The molecule has 0 aliphatic heterocycles. The normalized spacial score (nSPS) is 12.1. The molecule has 0 aromatic heterocycles. The number of hydrogen-bond donors (Lipinski definition) is 1. The number of amides is 1. The Labute approximate surface area is 154 Å². The van der Waals surface area contributed by atoms with Crippen LogP contribution in [-0.4, -0.2) is 35.9 Å². The van der Waals surface area contributed by atoms with E-state index in [-0.39, 0.29) is 29.7 Å². The van der Waals surface area contributed by atoms with Gasteiger partial charge in [-0.1, -0.05) is 24.3 Å². The second kappa shape index (κ2) is 9.04. The lowest BCUT2D eigenvalue weighted by Gasteiger charge is -2.24. The van der Waals surface area contributed by atoms with Crippen molar-refractivity contribution in [3.63, 3.8) is 0 Å². The molecule has 0 aliphatic rings. The van der Waals surface area contributed by atoms with E-state index in [0.29, 0.717) is 5.56 Å². The van der Waals surface area contributed by atoms with Crippen LogP contribution in [0.25, 0.3) is 0 Å². The molecule has 0 fully saturated rings. The Morgan fingerprint density at radius 2 is 1.96 bits per heavy atom. The first-order valence-corrected chi connectivity index (χ1v) is 8.06. The minimum atomic E-state index is -3.00. The number of nitrogens with zero attached hydrogens (tertiary/aromatic N) is 2. The molecule has 9 heteroatoms. The van der Waals surface area contributed by atoms with Gasteiger partial charge in [-0.2, -0.15) is 8.78 Å². The smallest absolute Gasteiger partial charge is 0.387 e. The van der Waals surface area contributed by atoms with Crippen LogP contribution in [0.1, 0.15) is 18.5 Å². The van der Waals surface area contributed by atoms with Crippen LogP contribution in [0, 0.1) is 10.1 Å². The fourth-order valence-corrected chi connectivity index (χ4v) is 2.47. The molecule has 0 saturated carbocycles. The van der Waals surface area contributed by atoms with E-state index in [0.717, 1.165) is 0 Å². The molecule has 144 valence electrons. The van der Waals surface area contributed by atoms with Crippen LogP contribution >= 0.6 is 0 Å². The van der Waals surface area contributed by atoms with Crippen molar-refractivity contribution in [1.82, 2.24) is 4.90 Å². The van der Waals surface area contributed by atoms with Gasteiger partial charge in [0.25, 0.3) is 5.69 Å². The third-order valence-electron chi connectivity index (χ3n) is 3.99. The van der Waals surface area contributed by atoms with Gasteiger partial charge in [-0.15, -0.1) is 0 Å². The Hall–Kier alpha value is -3.07. The molecular formula is C18H19F2N3O4. The number of non-ortho nitro benzene ring substituents is 1. The highest BCUT2D eigenvalue weighted by Crippen LogP contribution is 2.26. The van der Waals surface area contributed by atoms with Crippen LogP contribution in [0.2, 0.25) is 0 Å². The van der Waals surface area contributed by atoms with E-state index in [2.05, 4.69) is 10.1 Å². The summed E-state index contributed by atoms with van der Waals surface area (Å²) in [6.07, 6.45) is 0. The number of alkyl halides is 2. The van der Waals surface area contributed by atoms with Gasteiger partial charge in [-0.05, 0) is 31.7 Å². The number of halogens is 2. The molecule has 2 rings (SSSR count). The van der Waals surface area contributed by atoms with Gasteiger partial charge in [0.15, 0.2) is 0 Å². The molecule has 1 N–H and O–H groups in total. The molecule has 0 radical (unpaired) electrons. The number of rotatable bonds is 8. The summed E-state index contributed by atoms with van der Waals surface area (Å²) in [5.74, 6) is -0.560. The molecule has 2 aromatic rings. The summed E-state index contributed by atoms with van der Waals surface area (Å²) >= 11 is 0. The number of carbonyl (C=O) groups is 1. The lowest BCUT2D eigenvalue weighted by atomic mass is 10.1. The van der Waals surface area contributed by atoms with Gasteiger partial charge in [0.2, 0.25) is 5.91 Å². The number of nitrogens with one attached hydrogen (secondary N) is 1. The first-order chi connectivity index (χ1) is 12.8. The monoisotopic (exact) mass is 379 g/mol. The molecule has 2 aromatic carbocycles. The zero-order valence-corrected chi connectivity index (χ0v) is 14.8. The van der Waals surface area contributed by atoms with Crippen LogP contribution in [0.3, 0.4) is 0 Å². The Morgan fingerprint density at radius 3 is 2.63 bits per heavy atom. The highest BCUT2D eigenvalue weighted by molar-refractivity contribution is 5.93. The number of benzene rings is 2. The molecular weight excluding hydrogens is 360 g/mol. The zero-order valence-electron chi connectivity index (χ0n) is 14.8. The molecule has 7 nitrogen and oxygen atoms in total. The van der Waals surface area contributed by atoms with Gasteiger partial charge in [0.05, 0.1) is 17.2 Å². The van der Waals surface area contributed by atoms with E-state index in [1.165, 1.54) is 30.3 Å². The first kappa shape index (κ1) is 20.2. The maximum atomic E-state index is 12.4. The number of hydrogen-bond acceptors (Lipinski definition) is 5. The van der Waals surface area contributed by atoms with Crippen molar-refractivity contribution in [1.29, 1.82) is 0 Å². The van der Waals surface area contributed by atoms with Gasteiger partial charge in [-0.25, -0.2) is 0 Å². The highest BCUT2D eigenvalue weighted by Gasteiger charge is 2.18. The van der Waals surface area contributed by atoms with E-state index >= 15 is 0 Å². The van der Waals surface area contributed by atoms with Gasteiger partial charge in [0.1, 0.15) is 5.75 Å². The van der Waals surface area contributed by atoms with Crippen molar-refractivity contribution >= 4 is 17.3 Å². The molecule has 0 bridgehead atoms. The number of nitro groups is 1. The van der Waals surface area contributed by atoms with Crippen LogP contribution in [0.5, 0.6) is 5.75 Å². The third kappa shape index (κ3) is 5.71. The summed E-state index contributed by atoms with van der Waals surface area (Å²) in [5, 5.41) is 13.4. The minimum absolute atomic E-state index is 0.0322. The van der Waals surface area contributed by atoms with Crippen molar-refractivity contribution in [3.8, 4) is 5.75 Å². The first-order valence-electron chi connectivity index (χ1n) is 8.06. The van der Waals surface area contributed by atoms with Gasteiger partial charge >= 0.3 is 6.61 Å². The van der Waals surface area contributed by atoms with Crippen LogP contribution in [0.15, 0.2) is 48.5 Å². The maximum Gasteiger partial charge on any atom is 0.387 e. The van der Waals surface area contributed by atoms with Crippen molar-refractivity contribution in [2.45, 2.75) is 19.6 Å². The Bertz CT molecular complexity index is 817. The summed E-state index contributed by atoms with van der Waals surface area (Å²) in [7, 11) is 1.69. The molecule has 0 aliphatic carbocycles. The topological polar surface area (TPSA) is 84.7 Å². The number of carbonyl (C=O) groups excluding carboxylic acids is 1. The fraction of sp³-hybridized carbons (Fsp3) is 0.278. The maximum absolute atomic E-state index is 12.4. The fourth-order valence-electron chi connectivity index (χ4n) is 2.47. The Balaban J connectivity index is 2.03. The zero-order chi connectivity index (χ0) is 20.0. The minimum Gasteiger partial charge on any atom is -0.433 e. The summed E-state index contributed by atoms with van der Waals surface area (Å²) in [4.78, 5) is 24.4. The lowest BCUT2D eigenvalue weighted by Crippen LogP contribution is -2.32. The van der Waals surface area contributed by atoms with Gasteiger partial charge in [-0.3, -0.25) is 19.8 Å². The van der Waals surface area contributed by atoms with Crippen LogP contribution in [-0.2, 0) is 4.79 Å². The predicted octanol–water partition coefficient (Wildman–Crippen LogP) is 3.83. The average Bonchev–Trinajstić information content (AvgIpc) is 2.62. The Kier molecular flexibility index (Phi) is 6.78. The van der Waals surface area contributed by atoms with Gasteiger partial charge < -0.3 is 10.1 Å². The summed E-state index contributed by atoms with van der Waals surface area (Å²) in [6.45, 7) is -1.24. The molecule has 0 unspecified atom stereocenters. The van der Waals surface area contributed by atoms with Crippen molar-refractivity contribution in [3.05, 3.63) is 64.2 Å². The SMILES string of the molecule is C[C@@H](c1cccc([N+](=O)[O-])c1)N(C)CC(=O)Nc1ccccc1OC(F)F. The summed E-state index contributed by atoms with van der Waals surface area (Å²) < 4.78 is 29.3. The highest BCUT2D eigenvalue weighted by atomic mass is 19.3. The van der Waals surface area contributed by atoms with Crippen LogP contribution < -0.4 is 10.1 Å². The molecule has 1 atom stereocenters. The number of nitro benzene ring substituents is 1. The van der Waals surface area contributed by atoms with Crippen molar-refractivity contribution in [2.24, 2.45) is 0 Å². The predicted molar refractivity (Wildman–Crippen MR) is 95.8 cm³/mol. The van der Waals surface area contributed by atoms with E-state index in [1.807, 2.05) is 0 Å². The number of ether oxygens (including phenoxy) is 1. The standard InChI is InChI=1S/C18H19F2N3O4/c1-12(13-6-5-7-14(10-13)23(25)26)22(2)11-17(24)21-15-8-3-4-9-16(15)27-18(19)20/h3-10,12,18H,11H2,1-2H3,(H,21,24)/t12-/m0/s1. The number of anilines is 1. The largest absolute Gasteiger partial charge is 0.433 e. The second-order valence-corrected chi connectivity index (χ2v) is 5.87. The average molecular weight is 379 g/mol. The molecule has 1 amide bonds. The molecule has 0 spiro atoms. The summed E-state index contributed by atoms with van der Waals surface area (Å²) in [6, 6.07) is 11.8. The molecule has 0 heterocycles. The molecule has 27 heavy (non-hydrogen) atoms.